The molecule has 1 aromatic heterocycles. The lowest BCUT2D eigenvalue weighted by molar-refractivity contribution is -0.905. The standard InChI is InChI=1S/C21H26N4O2S/c1-2-25-20(16-27-19-8-7-17-5-3-4-6-18(17)15-19)22-23-21(25)28-14-11-24-9-12-26-13-10-24/h3-8,15H,2,9-14,16H2,1H3/p+1. The average molecular weight is 400 g/mol. The van der Waals surface area contributed by atoms with E-state index in [1.165, 1.54) is 10.8 Å². The fourth-order valence-corrected chi connectivity index (χ4v) is 4.51. The zero-order valence-electron chi connectivity index (χ0n) is 16.3. The quantitative estimate of drug-likeness (QED) is 0.588. The number of morpholine rings is 1. The summed E-state index contributed by atoms with van der Waals surface area (Å²) in [4.78, 5) is 1.61. The van der Waals surface area contributed by atoms with E-state index in [4.69, 9.17) is 9.47 Å². The number of hydrogen-bond donors (Lipinski definition) is 1. The molecule has 0 radical (unpaired) electrons. The van der Waals surface area contributed by atoms with Gasteiger partial charge >= 0.3 is 0 Å². The van der Waals surface area contributed by atoms with Gasteiger partial charge in [-0.3, -0.25) is 0 Å². The van der Waals surface area contributed by atoms with Gasteiger partial charge in [-0.25, -0.2) is 0 Å². The molecule has 0 bridgehead atoms. The molecule has 2 aromatic carbocycles. The number of fused-ring (bicyclic) bond motifs is 1. The topological polar surface area (TPSA) is 53.6 Å². The van der Waals surface area contributed by atoms with Crippen molar-refractivity contribution in [2.24, 2.45) is 0 Å². The maximum atomic E-state index is 6.01. The van der Waals surface area contributed by atoms with Crippen molar-refractivity contribution >= 4 is 22.5 Å². The Morgan fingerprint density at radius 2 is 1.93 bits per heavy atom. The summed E-state index contributed by atoms with van der Waals surface area (Å²) in [5, 5.41) is 12.1. The Balaban J connectivity index is 1.35. The van der Waals surface area contributed by atoms with E-state index in [0.29, 0.717) is 6.61 Å². The largest absolute Gasteiger partial charge is 0.486 e. The minimum absolute atomic E-state index is 0.425. The fourth-order valence-electron chi connectivity index (χ4n) is 3.45. The maximum absolute atomic E-state index is 6.01. The average Bonchev–Trinajstić information content (AvgIpc) is 3.14. The molecule has 2 heterocycles. The van der Waals surface area contributed by atoms with Crippen LogP contribution in [0.4, 0.5) is 0 Å². The van der Waals surface area contributed by atoms with Crippen LogP contribution in [0.25, 0.3) is 10.8 Å². The van der Waals surface area contributed by atoms with Crippen LogP contribution in [-0.2, 0) is 17.9 Å². The Bertz CT molecular complexity index is 908. The van der Waals surface area contributed by atoms with Crippen molar-refractivity contribution in [2.75, 3.05) is 38.6 Å². The summed E-state index contributed by atoms with van der Waals surface area (Å²) < 4.78 is 13.6. The van der Waals surface area contributed by atoms with E-state index in [-0.39, 0.29) is 0 Å². The zero-order valence-corrected chi connectivity index (χ0v) is 17.1. The van der Waals surface area contributed by atoms with Crippen molar-refractivity contribution in [1.29, 1.82) is 0 Å². The van der Waals surface area contributed by atoms with Crippen LogP contribution in [0.5, 0.6) is 5.75 Å². The highest BCUT2D eigenvalue weighted by Crippen LogP contribution is 2.22. The highest BCUT2D eigenvalue weighted by molar-refractivity contribution is 7.99. The van der Waals surface area contributed by atoms with Gasteiger partial charge in [0.2, 0.25) is 0 Å². The summed E-state index contributed by atoms with van der Waals surface area (Å²) in [5.41, 5.74) is 0. The Hall–Kier alpha value is -2.09. The normalized spacial score (nSPS) is 15.2. The molecule has 6 nitrogen and oxygen atoms in total. The Kier molecular flexibility index (Phi) is 6.46. The third kappa shape index (κ3) is 4.66. The van der Waals surface area contributed by atoms with E-state index in [0.717, 1.165) is 61.9 Å². The van der Waals surface area contributed by atoms with Gasteiger partial charge in [0.15, 0.2) is 11.0 Å². The van der Waals surface area contributed by atoms with Crippen molar-refractivity contribution < 1.29 is 14.4 Å². The molecule has 1 aliphatic heterocycles. The van der Waals surface area contributed by atoms with E-state index in [1.54, 1.807) is 16.7 Å². The molecule has 1 aliphatic rings. The molecule has 0 aliphatic carbocycles. The number of aromatic nitrogens is 3. The second kappa shape index (κ2) is 9.41. The van der Waals surface area contributed by atoms with Crippen LogP contribution in [0.15, 0.2) is 47.6 Å². The van der Waals surface area contributed by atoms with Gasteiger partial charge in [0, 0.05) is 6.54 Å². The first kappa shape index (κ1) is 19.2. The van der Waals surface area contributed by atoms with Crippen LogP contribution >= 0.6 is 11.8 Å². The number of nitrogens with zero attached hydrogens (tertiary/aromatic N) is 3. The Morgan fingerprint density at radius 3 is 2.75 bits per heavy atom. The summed E-state index contributed by atoms with van der Waals surface area (Å²) in [7, 11) is 0. The number of hydrogen-bond acceptors (Lipinski definition) is 5. The molecule has 0 saturated carbocycles. The molecule has 7 heteroatoms. The lowest BCUT2D eigenvalue weighted by Crippen LogP contribution is -3.14. The van der Waals surface area contributed by atoms with Crippen LogP contribution in [0, 0.1) is 0 Å². The van der Waals surface area contributed by atoms with Crippen LogP contribution in [0.2, 0.25) is 0 Å². The van der Waals surface area contributed by atoms with Crippen LogP contribution in [0.1, 0.15) is 12.7 Å². The summed E-state index contributed by atoms with van der Waals surface area (Å²) in [6.45, 7) is 8.48. The smallest absolute Gasteiger partial charge is 0.191 e. The zero-order chi connectivity index (χ0) is 19.2. The van der Waals surface area contributed by atoms with Crippen molar-refractivity contribution in [3.63, 3.8) is 0 Å². The lowest BCUT2D eigenvalue weighted by atomic mass is 10.1. The van der Waals surface area contributed by atoms with Gasteiger partial charge in [-0.05, 0) is 29.8 Å². The number of quaternary nitrogens is 1. The molecular formula is C21H27N4O2S+. The van der Waals surface area contributed by atoms with Gasteiger partial charge in [-0.15, -0.1) is 10.2 Å². The molecule has 28 heavy (non-hydrogen) atoms. The third-order valence-electron chi connectivity index (χ3n) is 5.09. The van der Waals surface area contributed by atoms with Crippen molar-refractivity contribution in [3.8, 4) is 5.75 Å². The first-order valence-electron chi connectivity index (χ1n) is 9.91. The minimum atomic E-state index is 0.425. The molecule has 0 atom stereocenters. The Labute approximate surface area is 169 Å². The number of benzene rings is 2. The first-order chi connectivity index (χ1) is 13.8. The van der Waals surface area contributed by atoms with E-state index < -0.39 is 0 Å². The van der Waals surface area contributed by atoms with Crippen molar-refractivity contribution in [2.45, 2.75) is 25.2 Å². The molecule has 1 N–H and O–H groups in total. The maximum Gasteiger partial charge on any atom is 0.191 e. The molecule has 1 fully saturated rings. The predicted molar refractivity (Wildman–Crippen MR) is 111 cm³/mol. The van der Waals surface area contributed by atoms with Gasteiger partial charge in [0.05, 0.1) is 25.5 Å². The van der Waals surface area contributed by atoms with Gasteiger partial charge in [0.25, 0.3) is 0 Å². The second-order valence-electron chi connectivity index (χ2n) is 6.90. The van der Waals surface area contributed by atoms with Crippen molar-refractivity contribution in [1.82, 2.24) is 14.8 Å². The molecule has 148 valence electrons. The van der Waals surface area contributed by atoms with E-state index in [1.807, 2.05) is 18.2 Å². The molecular weight excluding hydrogens is 372 g/mol. The first-order valence-corrected chi connectivity index (χ1v) is 10.9. The lowest BCUT2D eigenvalue weighted by Gasteiger charge is -2.23. The molecule has 0 spiro atoms. The number of ether oxygens (including phenoxy) is 2. The van der Waals surface area contributed by atoms with E-state index in [9.17, 15) is 0 Å². The molecule has 3 aromatic rings. The summed E-state index contributed by atoms with van der Waals surface area (Å²) >= 11 is 1.78. The van der Waals surface area contributed by atoms with Gasteiger partial charge in [-0.1, -0.05) is 42.1 Å². The summed E-state index contributed by atoms with van der Waals surface area (Å²) in [6, 6.07) is 14.5. The summed E-state index contributed by atoms with van der Waals surface area (Å²) in [5.74, 6) is 2.77. The SMILES string of the molecule is CCn1c(COc2ccc3ccccc3c2)nnc1SCC[NH+]1CCOCC1. The third-order valence-corrected chi connectivity index (χ3v) is 6.05. The monoisotopic (exact) mass is 399 g/mol. The van der Waals surface area contributed by atoms with E-state index >= 15 is 0 Å². The fraction of sp³-hybridized carbons (Fsp3) is 0.429. The minimum Gasteiger partial charge on any atom is -0.486 e. The second-order valence-corrected chi connectivity index (χ2v) is 7.96. The van der Waals surface area contributed by atoms with Gasteiger partial charge < -0.3 is 18.9 Å². The van der Waals surface area contributed by atoms with Gasteiger partial charge in [-0.2, -0.15) is 0 Å². The molecule has 1 saturated heterocycles. The molecule has 4 rings (SSSR count). The number of rotatable bonds is 8. The van der Waals surface area contributed by atoms with Crippen LogP contribution in [-0.4, -0.2) is 53.4 Å². The Morgan fingerprint density at radius 1 is 1.11 bits per heavy atom. The number of nitrogens with one attached hydrogen (secondary N) is 1. The number of thioether (sulfide) groups is 1. The molecule has 0 unspecified atom stereocenters. The van der Waals surface area contributed by atoms with Crippen LogP contribution < -0.4 is 9.64 Å². The van der Waals surface area contributed by atoms with E-state index in [2.05, 4.69) is 46.0 Å². The highest BCUT2D eigenvalue weighted by atomic mass is 32.2. The molecule has 0 amide bonds. The van der Waals surface area contributed by atoms with Crippen molar-refractivity contribution in [3.05, 3.63) is 48.3 Å². The predicted octanol–water partition coefficient (Wildman–Crippen LogP) is 2.04. The summed E-state index contributed by atoms with van der Waals surface area (Å²) in [6.07, 6.45) is 0. The highest BCUT2D eigenvalue weighted by Gasteiger charge is 2.16. The van der Waals surface area contributed by atoms with Crippen LogP contribution in [0.3, 0.4) is 0 Å². The van der Waals surface area contributed by atoms with Gasteiger partial charge in [0.1, 0.15) is 25.4 Å².